The lowest BCUT2D eigenvalue weighted by molar-refractivity contribution is -0.121. The summed E-state index contributed by atoms with van der Waals surface area (Å²) in [5, 5.41) is 21.0. The molecule has 25 heavy (non-hydrogen) atoms. The molecule has 0 radical (unpaired) electrons. The number of aliphatic hydroxyl groups is 1. The predicted octanol–water partition coefficient (Wildman–Crippen LogP) is 0.371. The van der Waals surface area contributed by atoms with E-state index in [1.807, 2.05) is 0 Å². The van der Waals surface area contributed by atoms with E-state index >= 15 is 0 Å². The van der Waals surface area contributed by atoms with Crippen LogP contribution in [0, 0.1) is 0 Å². The number of carbonyl (C=O) groups excluding carboxylic acids is 2. The molecule has 0 saturated carbocycles. The number of amides is 2. The van der Waals surface area contributed by atoms with Crippen molar-refractivity contribution in [3.8, 4) is 0 Å². The molecule has 1 aliphatic heterocycles. The van der Waals surface area contributed by atoms with Crippen LogP contribution in [0.15, 0.2) is 35.6 Å². The summed E-state index contributed by atoms with van der Waals surface area (Å²) in [4.78, 5) is 35.6. The third kappa shape index (κ3) is 4.70. The Morgan fingerprint density at radius 2 is 1.68 bits per heavy atom. The molecule has 0 spiro atoms. The van der Waals surface area contributed by atoms with Gasteiger partial charge in [-0.05, 0) is 24.3 Å². The Bertz CT molecular complexity index is 859. The number of carboxylic acid groups (broad SMARTS) is 1. The number of Topliss-reactive ketones (excluding diaryl/α,β-unsaturated/α-hetero) is 1. The zero-order valence-electron chi connectivity index (χ0n) is 13.0. The molecule has 0 aromatic heterocycles. The van der Waals surface area contributed by atoms with E-state index in [-0.39, 0.29) is 11.4 Å². The van der Waals surface area contributed by atoms with Crippen LogP contribution in [0.25, 0.3) is 0 Å². The van der Waals surface area contributed by atoms with Crippen molar-refractivity contribution in [2.24, 2.45) is 0 Å². The van der Waals surface area contributed by atoms with Crippen LogP contribution < -0.4 is 10.0 Å². The van der Waals surface area contributed by atoms with Gasteiger partial charge in [0.25, 0.3) is 5.91 Å². The maximum atomic E-state index is 12.2. The quantitative estimate of drug-likeness (QED) is 0.559. The minimum absolute atomic E-state index is 0.262. The summed E-state index contributed by atoms with van der Waals surface area (Å²) in [7, 11) is -3.43. The molecule has 1 aliphatic rings. The Kier molecular flexibility index (Phi) is 4.97. The van der Waals surface area contributed by atoms with E-state index in [0.29, 0.717) is 4.90 Å². The molecule has 0 fully saturated rings. The van der Waals surface area contributed by atoms with Gasteiger partial charge in [-0.3, -0.25) is 19.2 Å². The number of aliphatic hydroxyl groups excluding tert-OH is 1. The highest BCUT2D eigenvalue weighted by molar-refractivity contribution is 7.92. The first-order valence-corrected chi connectivity index (χ1v) is 8.78. The molecule has 0 unspecified atom stereocenters. The van der Waals surface area contributed by atoms with Crippen molar-refractivity contribution in [1.82, 2.24) is 4.90 Å². The molecule has 0 aliphatic carbocycles. The Balaban J connectivity index is 2.13. The molecule has 0 saturated heterocycles. The van der Waals surface area contributed by atoms with Crippen LogP contribution in [0.2, 0.25) is 0 Å². The number of benzene rings is 1. The number of ketones is 1. The van der Waals surface area contributed by atoms with E-state index in [1.165, 1.54) is 24.3 Å². The fraction of sp³-hybridized carbons (Fsp3) is 0.214. The number of carbonyl (C=O) groups is 3. The summed E-state index contributed by atoms with van der Waals surface area (Å²) in [6.07, 6.45) is -0.388. The van der Waals surface area contributed by atoms with Crippen molar-refractivity contribution in [2.45, 2.75) is 0 Å². The number of nitrogens with one attached hydrogen (secondary N) is 2. The molecule has 4 N–H and O–H groups in total. The van der Waals surface area contributed by atoms with Crippen LogP contribution in [0.1, 0.15) is 0 Å². The smallest absolute Gasteiger partial charge is 0.408 e. The molecule has 0 bridgehead atoms. The zero-order valence-corrected chi connectivity index (χ0v) is 13.8. The van der Waals surface area contributed by atoms with Crippen LogP contribution >= 0.6 is 0 Å². The molecule has 2 amide bonds. The fourth-order valence-electron chi connectivity index (χ4n) is 2.15. The predicted molar refractivity (Wildman–Crippen MR) is 87.8 cm³/mol. The van der Waals surface area contributed by atoms with Gasteiger partial charge in [0.1, 0.15) is 11.3 Å². The fourth-order valence-corrected chi connectivity index (χ4v) is 2.72. The van der Waals surface area contributed by atoms with Gasteiger partial charge < -0.3 is 15.5 Å². The SMILES string of the molecule is CS(=O)(=O)Nc1ccc(NC(=O)C2=C(O)CN(C(=O)O)CC2=O)cc1. The second-order valence-electron chi connectivity index (χ2n) is 5.29. The first-order valence-electron chi connectivity index (χ1n) is 6.89. The Morgan fingerprint density at radius 3 is 2.16 bits per heavy atom. The maximum Gasteiger partial charge on any atom is 0.408 e. The minimum Gasteiger partial charge on any atom is -0.509 e. The molecule has 1 aromatic rings. The highest BCUT2D eigenvalue weighted by Crippen LogP contribution is 2.18. The summed E-state index contributed by atoms with van der Waals surface area (Å²) < 4.78 is 24.5. The molecule has 2 rings (SSSR count). The van der Waals surface area contributed by atoms with Crippen LogP contribution in [0.5, 0.6) is 0 Å². The van der Waals surface area contributed by atoms with E-state index in [2.05, 4.69) is 10.0 Å². The molecule has 0 atom stereocenters. The molecule has 1 heterocycles. The van der Waals surface area contributed by atoms with Crippen LogP contribution in [-0.2, 0) is 19.6 Å². The van der Waals surface area contributed by atoms with Gasteiger partial charge in [0.15, 0.2) is 5.78 Å². The second kappa shape index (κ2) is 6.81. The highest BCUT2D eigenvalue weighted by Gasteiger charge is 2.32. The van der Waals surface area contributed by atoms with Gasteiger partial charge in [-0.2, -0.15) is 0 Å². The summed E-state index contributed by atoms with van der Waals surface area (Å²) in [5.74, 6) is -2.33. The Labute approximate surface area is 142 Å². The monoisotopic (exact) mass is 369 g/mol. The summed E-state index contributed by atoms with van der Waals surface area (Å²) >= 11 is 0. The first kappa shape index (κ1) is 18.3. The third-order valence-electron chi connectivity index (χ3n) is 3.19. The van der Waals surface area contributed by atoms with Gasteiger partial charge in [0.2, 0.25) is 10.0 Å². The number of hydrogen-bond donors (Lipinski definition) is 4. The van der Waals surface area contributed by atoms with Gasteiger partial charge in [-0.25, -0.2) is 13.2 Å². The molecule has 134 valence electrons. The number of sulfonamides is 1. The van der Waals surface area contributed by atoms with Crippen molar-refractivity contribution in [3.63, 3.8) is 0 Å². The standard InChI is InChI=1S/C14H15N3O7S/c1-25(23,24)16-9-4-2-8(3-5-9)15-13(20)12-10(18)6-17(14(21)22)7-11(12)19/h2-5,16,18H,6-7H2,1H3,(H,15,20)(H,21,22). The van der Waals surface area contributed by atoms with E-state index < -0.39 is 52.2 Å². The van der Waals surface area contributed by atoms with Crippen molar-refractivity contribution in [3.05, 3.63) is 35.6 Å². The van der Waals surface area contributed by atoms with E-state index in [9.17, 15) is 27.9 Å². The largest absolute Gasteiger partial charge is 0.509 e. The Hall–Kier alpha value is -3.08. The van der Waals surface area contributed by atoms with Crippen molar-refractivity contribution in [2.75, 3.05) is 29.4 Å². The minimum atomic E-state index is -3.43. The number of nitrogens with zero attached hydrogens (tertiary/aromatic N) is 1. The number of hydrogen-bond acceptors (Lipinski definition) is 6. The second-order valence-corrected chi connectivity index (χ2v) is 7.04. The average molecular weight is 369 g/mol. The number of rotatable bonds is 4. The lowest BCUT2D eigenvalue weighted by atomic mass is 10.0. The van der Waals surface area contributed by atoms with Gasteiger partial charge in [-0.15, -0.1) is 0 Å². The van der Waals surface area contributed by atoms with Gasteiger partial charge >= 0.3 is 6.09 Å². The molecule has 10 nitrogen and oxygen atoms in total. The normalized spacial score (nSPS) is 15.1. The van der Waals surface area contributed by atoms with Gasteiger partial charge in [-0.1, -0.05) is 0 Å². The van der Waals surface area contributed by atoms with Crippen LogP contribution in [-0.4, -0.2) is 60.7 Å². The molecule has 1 aromatic carbocycles. The summed E-state index contributed by atoms with van der Waals surface area (Å²) in [6.45, 7) is -0.986. The lowest BCUT2D eigenvalue weighted by Gasteiger charge is -2.24. The average Bonchev–Trinajstić information content (AvgIpc) is 2.47. The van der Waals surface area contributed by atoms with Crippen molar-refractivity contribution >= 4 is 39.2 Å². The highest BCUT2D eigenvalue weighted by atomic mass is 32.2. The Morgan fingerprint density at radius 1 is 1.12 bits per heavy atom. The van der Waals surface area contributed by atoms with Crippen LogP contribution in [0.3, 0.4) is 0 Å². The lowest BCUT2D eigenvalue weighted by Crippen LogP contribution is -2.43. The molecular formula is C14H15N3O7S. The van der Waals surface area contributed by atoms with Gasteiger partial charge in [0.05, 0.1) is 19.3 Å². The van der Waals surface area contributed by atoms with E-state index in [1.54, 1.807) is 0 Å². The molecular weight excluding hydrogens is 354 g/mol. The first-order chi connectivity index (χ1) is 11.6. The topological polar surface area (TPSA) is 153 Å². The van der Waals surface area contributed by atoms with E-state index in [0.717, 1.165) is 6.26 Å². The van der Waals surface area contributed by atoms with E-state index in [4.69, 9.17) is 5.11 Å². The van der Waals surface area contributed by atoms with Crippen molar-refractivity contribution in [1.29, 1.82) is 0 Å². The van der Waals surface area contributed by atoms with Crippen molar-refractivity contribution < 1.29 is 33.0 Å². The van der Waals surface area contributed by atoms with Gasteiger partial charge in [0, 0.05) is 11.4 Å². The number of anilines is 2. The van der Waals surface area contributed by atoms with Crippen LogP contribution in [0.4, 0.5) is 16.2 Å². The third-order valence-corrected chi connectivity index (χ3v) is 3.79. The maximum absolute atomic E-state index is 12.2. The summed E-state index contributed by atoms with van der Waals surface area (Å²) in [6, 6.07) is 5.61. The molecule has 11 heteroatoms. The summed E-state index contributed by atoms with van der Waals surface area (Å²) in [5.41, 5.74) is 0.0436. The zero-order chi connectivity index (χ0) is 18.8.